The molecule has 1 fully saturated rings. The normalized spacial score (nSPS) is 16.1. The van der Waals surface area contributed by atoms with Gasteiger partial charge >= 0.3 is 5.97 Å². The third kappa shape index (κ3) is 5.08. The molecule has 1 amide bonds. The van der Waals surface area contributed by atoms with Crippen LogP contribution in [0.15, 0.2) is 52.4 Å². The first-order chi connectivity index (χ1) is 15.0. The third-order valence-corrected chi connectivity index (χ3v) is 5.52. The monoisotopic (exact) mass is 440 g/mol. The van der Waals surface area contributed by atoms with Gasteiger partial charge in [-0.25, -0.2) is 9.79 Å². The number of carbonyl (C=O) groups excluding carboxylic acids is 2. The van der Waals surface area contributed by atoms with Crippen LogP contribution < -0.4 is 9.47 Å². The molecule has 0 atom stereocenters. The molecule has 0 aromatic heterocycles. The molecule has 31 heavy (non-hydrogen) atoms. The molecule has 0 unspecified atom stereocenters. The van der Waals surface area contributed by atoms with Crippen LogP contribution in [-0.2, 0) is 9.53 Å². The molecule has 0 radical (unpaired) electrons. The number of benzene rings is 2. The number of rotatable bonds is 7. The molecule has 2 aromatic rings. The summed E-state index contributed by atoms with van der Waals surface area (Å²) >= 11 is 1.27. The average molecular weight is 441 g/mol. The number of esters is 1. The standard InChI is InChI=1S/C23H24N2O5S/c1-5-25-21(26)20(14-16-13-18(28-3)10-11-19(16)29-4)31-23(25)24-17-9-7-8-15(12-17)22(27)30-6-2/h7-14H,5-6H2,1-4H3. The van der Waals surface area contributed by atoms with Crippen LogP contribution in [0.5, 0.6) is 11.5 Å². The van der Waals surface area contributed by atoms with Crippen LogP contribution in [0.1, 0.15) is 29.8 Å². The first-order valence-corrected chi connectivity index (χ1v) is 10.6. The van der Waals surface area contributed by atoms with Crippen molar-refractivity contribution in [2.45, 2.75) is 13.8 Å². The van der Waals surface area contributed by atoms with E-state index in [-0.39, 0.29) is 5.91 Å². The molecule has 1 heterocycles. The molecule has 162 valence electrons. The van der Waals surface area contributed by atoms with E-state index in [2.05, 4.69) is 4.99 Å². The van der Waals surface area contributed by atoms with Crippen molar-refractivity contribution in [3.8, 4) is 11.5 Å². The van der Waals surface area contributed by atoms with Crippen LogP contribution >= 0.6 is 11.8 Å². The Bertz CT molecular complexity index is 1050. The number of amidine groups is 1. The van der Waals surface area contributed by atoms with E-state index in [1.807, 2.05) is 13.0 Å². The highest BCUT2D eigenvalue weighted by Gasteiger charge is 2.32. The summed E-state index contributed by atoms with van der Waals surface area (Å²) in [6.45, 7) is 4.41. The van der Waals surface area contributed by atoms with Gasteiger partial charge in [0, 0.05) is 12.1 Å². The van der Waals surface area contributed by atoms with E-state index in [9.17, 15) is 9.59 Å². The number of aliphatic imine (C=N–C) groups is 1. The van der Waals surface area contributed by atoms with Gasteiger partial charge in [-0.05, 0) is 68.1 Å². The number of ether oxygens (including phenoxy) is 3. The average Bonchev–Trinajstić information content (AvgIpc) is 3.07. The van der Waals surface area contributed by atoms with Crippen molar-refractivity contribution in [2.75, 3.05) is 27.4 Å². The lowest BCUT2D eigenvalue weighted by Crippen LogP contribution is -2.28. The zero-order valence-corrected chi connectivity index (χ0v) is 18.7. The lowest BCUT2D eigenvalue weighted by molar-refractivity contribution is -0.122. The second kappa shape index (κ2) is 10.2. The maximum atomic E-state index is 13.0. The number of likely N-dealkylation sites (N-methyl/N-ethyl adjacent to an activating group) is 1. The van der Waals surface area contributed by atoms with Crippen molar-refractivity contribution < 1.29 is 23.8 Å². The van der Waals surface area contributed by atoms with Crippen molar-refractivity contribution in [2.24, 2.45) is 4.99 Å². The van der Waals surface area contributed by atoms with E-state index in [1.165, 1.54) is 11.8 Å². The Morgan fingerprint density at radius 2 is 1.94 bits per heavy atom. The Kier molecular flexibility index (Phi) is 7.36. The molecular weight excluding hydrogens is 416 g/mol. The first-order valence-electron chi connectivity index (χ1n) is 9.80. The number of hydrogen-bond donors (Lipinski definition) is 0. The molecule has 0 N–H and O–H groups in total. The van der Waals surface area contributed by atoms with Crippen molar-refractivity contribution in [1.29, 1.82) is 0 Å². The molecule has 1 saturated heterocycles. The Labute approximate surface area is 185 Å². The number of nitrogens with zero attached hydrogens (tertiary/aromatic N) is 2. The van der Waals surface area contributed by atoms with Gasteiger partial charge in [0.1, 0.15) is 11.5 Å². The minimum absolute atomic E-state index is 0.141. The van der Waals surface area contributed by atoms with Gasteiger partial charge in [-0.1, -0.05) is 6.07 Å². The molecule has 1 aliphatic heterocycles. The summed E-state index contributed by atoms with van der Waals surface area (Å²) in [5, 5.41) is 0.543. The van der Waals surface area contributed by atoms with Gasteiger partial charge in [0.25, 0.3) is 5.91 Å². The van der Waals surface area contributed by atoms with E-state index < -0.39 is 5.97 Å². The summed E-state index contributed by atoms with van der Waals surface area (Å²) in [5.41, 5.74) is 1.72. The van der Waals surface area contributed by atoms with Gasteiger partial charge in [0.05, 0.1) is 37.0 Å². The van der Waals surface area contributed by atoms with Crippen LogP contribution in [0.2, 0.25) is 0 Å². The maximum absolute atomic E-state index is 13.0. The van der Waals surface area contributed by atoms with Crippen molar-refractivity contribution in [3.63, 3.8) is 0 Å². The van der Waals surface area contributed by atoms with Crippen LogP contribution in [0.3, 0.4) is 0 Å². The maximum Gasteiger partial charge on any atom is 0.338 e. The molecule has 0 bridgehead atoms. The van der Waals surface area contributed by atoms with Gasteiger partial charge < -0.3 is 14.2 Å². The van der Waals surface area contributed by atoms with Crippen LogP contribution in [0, 0.1) is 0 Å². The van der Waals surface area contributed by atoms with Gasteiger partial charge in [0.2, 0.25) is 0 Å². The molecule has 0 aliphatic carbocycles. The highest BCUT2D eigenvalue weighted by Crippen LogP contribution is 2.36. The second-order valence-electron chi connectivity index (χ2n) is 6.43. The third-order valence-electron chi connectivity index (χ3n) is 4.51. The second-order valence-corrected chi connectivity index (χ2v) is 7.44. The molecule has 3 rings (SSSR count). The fraction of sp³-hybridized carbons (Fsp3) is 0.261. The van der Waals surface area contributed by atoms with Gasteiger partial charge in [-0.3, -0.25) is 9.69 Å². The number of hydrogen-bond acceptors (Lipinski definition) is 7. The lowest BCUT2D eigenvalue weighted by Gasteiger charge is -2.12. The van der Waals surface area contributed by atoms with Crippen molar-refractivity contribution >= 4 is 40.6 Å². The van der Waals surface area contributed by atoms with Crippen LogP contribution in [0.25, 0.3) is 6.08 Å². The first kappa shape index (κ1) is 22.4. The molecule has 0 spiro atoms. The van der Waals surface area contributed by atoms with E-state index in [1.54, 1.807) is 68.5 Å². The summed E-state index contributed by atoms with van der Waals surface area (Å²) in [5.74, 6) is 0.757. The van der Waals surface area contributed by atoms with E-state index in [0.717, 1.165) is 5.56 Å². The molecule has 2 aromatic carbocycles. The van der Waals surface area contributed by atoms with E-state index >= 15 is 0 Å². The molecule has 8 heteroatoms. The topological polar surface area (TPSA) is 77.4 Å². The van der Waals surface area contributed by atoms with Gasteiger partial charge in [0.15, 0.2) is 5.17 Å². The number of thioether (sulfide) groups is 1. The van der Waals surface area contributed by atoms with Gasteiger partial charge in [-0.15, -0.1) is 0 Å². The summed E-state index contributed by atoms with van der Waals surface area (Å²) in [6, 6.07) is 12.2. The summed E-state index contributed by atoms with van der Waals surface area (Å²) < 4.78 is 15.7. The minimum atomic E-state index is -0.405. The number of carbonyl (C=O) groups is 2. The Morgan fingerprint density at radius 1 is 1.13 bits per heavy atom. The molecule has 7 nitrogen and oxygen atoms in total. The number of amides is 1. The van der Waals surface area contributed by atoms with Gasteiger partial charge in [-0.2, -0.15) is 0 Å². The number of methoxy groups -OCH3 is 2. The fourth-order valence-electron chi connectivity index (χ4n) is 2.99. The largest absolute Gasteiger partial charge is 0.497 e. The summed E-state index contributed by atoms with van der Waals surface area (Å²) in [6.07, 6.45) is 1.77. The van der Waals surface area contributed by atoms with Crippen LogP contribution in [0.4, 0.5) is 5.69 Å². The Morgan fingerprint density at radius 3 is 2.61 bits per heavy atom. The zero-order chi connectivity index (χ0) is 22.4. The molecule has 1 aliphatic rings. The van der Waals surface area contributed by atoms with Crippen molar-refractivity contribution in [3.05, 3.63) is 58.5 Å². The lowest BCUT2D eigenvalue weighted by atomic mass is 10.1. The van der Waals surface area contributed by atoms with E-state index in [4.69, 9.17) is 14.2 Å². The van der Waals surface area contributed by atoms with Crippen LogP contribution in [-0.4, -0.2) is 49.3 Å². The predicted molar refractivity (Wildman–Crippen MR) is 122 cm³/mol. The fourth-order valence-corrected chi connectivity index (χ4v) is 4.04. The summed E-state index contributed by atoms with van der Waals surface area (Å²) in [4.78, 5) is 31.7. The zero-order valence-electron chi connectivity index (χ0n) is 17.9. The Balaban J connectivity index is 1.95. The SMILES string of the molecule is CCOC(=O)c1cccc(N=C2SC(=Cc3cc(OC)ccc3OC)C(=O)N2CC)c1. The minimum Gasteiger partial charge on any atom is -0.497 e. The smallest absolute Gasteiger partial charge is 0.338 e. The summed E-state index contributed by atoms with van der Waals surface area (Å²) in [7, 11) is 3.16. The quantitative estimate of drug-likeness (QED) is 0.466. The Hall–Kier alpha value is -3.26. The van der Waals surface area contributed by atoms with E-state index in [0.29, 0.717) is 46.0 Å². The highest BCUT2D eigenvalue weighted by molar-refractivity contribution is 8.18. The molecule has 0 saturated carbocycles. The molecular formula is C23H24N2O5S. The predicted octanol–water partition coefficient (Wildman–Crippen LogP) is 4.50. The highest BCUT2D eigenvalue weighted by atomic mass is 32.2. The van der Waals surface area contributed by atoms with Crippen molar-refractivity contribution in [1.82, 2.24) is 4.90 Å².